The van der Waals surface area contributed by atoms with Gasteiger partial charge in [-0.1, -0.05) is 67.1 Å². The highest BCUT2D eigenvalue weighted by molar-refractivity contribution is 6.30. The molecule has 0 heterocycles. The first-order valence-electron chi connectivity index (χ1n) is 9.61. The Labute approximate surface area is 167 Å². The Kier molecular flexibility index (Phi) is 4.97. The topological polar surface area (TPSA) is 9.23 Å². The molecule has 0 spiro atoms. The predicted octanol–water partition coefficient (Wildman–Crippen LogP) is 7.04. The van der Waals surface area contributed by atoms with Gasteiger partial charge >= 0.3 is 0 Å². The van der Waals surface area contributed by atoms with Gasteiger partial charge in [0, 0.05) is 16.5 Å². The Morgan fingerprint density at radius 3 is 2.56 bits per heavy atom. The minimum atomic E-state index is 0.252. The van der Waals surface area contributed by atoms with E-state index in [0.29, 0.717) is 5.92 Å². The summed E-state index contributed by atoms with van der Waals surface area (Å²) in [6, 6.07) is 21.6. The highest BCUT2D eigenvalue weighted by atomic mass is 35.5. The maximum absolute atomic E-state index is 6.47. The molecule has 0 fully saturated rings. The van der Waals surface area contributed by atoms with Gasteiger partial charge in [0.25, 0.3) is 0 Å². The number of aryl methyl sites for hydroxylation is 2. The molecular formula is C25H25ClO. The van der Waals surface area contributed by atoms with E-state index in [1.165, 1.54) is 33.4 Å². The molecule has 1 aliphatic rings. The molecule has 27 heavy (non-hydrogen) atoms. The van der Waals surface area contributed by atoms with Crippen molar-refractivity contribution < 1.29 is 4.74 Å². The molecule has 0 radical (unpaired) electrons. The molecule has 0 amide bonds. The van der Waals surface area contributed by atoms with Crippen LogP contribution in [-0.4, -0.2) is 7.11 Å². The molecule has 0 aromatic heterocycles. The van der Waals surface area contributed by atoms with Crippen LogP contribution in [0.4, 0.5) is 0 Å². The van der Waals surface area contributed by atoms with Crippen molar-refractivity contribution in [2.45, 2.75) is 32.6 Å². The fraction of sp³-hybridized carbons (Fsp3) is 0.280. The van der Waals surface area contributed by atoms with Crippen molar-refractivity contribution in [3.8, 4) is 16.9 Å². The molecule has 0 N–H and O–H groups in total. The van der Waals surface area contributed by atoms with Gasteiger partial charge < -0.3 is 4.74 Å². The number of hydrogen-bond acceptors (Lipinski definition) is 1. The molecule has 3 aromatic rings. The number of para-hydroxylation sites is 1. The summed E-state index contributed by atoms with van der Waals surface area (Å²) in [4.78, 5) is 0. The largest absolute Gasteiger partial charge is 0.496 e. The zero-order chi connectivity index (χ0) is 19.0. The van der Waals surface area contributed by atoms with Crippen molar-refractivity contribution in [3.05, 3.63) is 87.9 Å². The van der Waals surface area contributed by atoms with Crippen LogP contribution >= 0.6 is 11.6 Å². The van der Waals surface area contributed by atoms with E-state index in [2.05, 4.69) is 68.4 Å². The van der Waals surface area contributed by atoms with Crippen molar-refractivity contribution in [3.63, 3.8) is 0 Å². The lowest BCUT2D eigenvalue weighted by Crippen LogP contribution is -2.17. The Morgan fingerprint density at radius 1 is 0.926 bits per heavy atom. The second kappa shape index (κ2) is 7.40. The van der Waals surface area contributed by atoms with E-state index in [9.17, 15) is 0 Å². The molecule has 1 aliphatic carbocycles. The lowest BCUT2D eigenvalue weighted by atomic mass is 9.73. The van der Waals surface area contributed by atoms with Gasteiger partial charge in [0.05, 0.1) is 7.11 Å². The van der Waals surface area contributed by atoms with E-state index in [1.807, 2.05) is 6.07 Å². The number of ether oxygens (including phenoxy) is 1. The minimum absolute atomic E-state index is 0.252. The second-order valence-corrected chi connectivity index (χ2v) is 8.02. The standard InChI is InChI=1S/C25H25ClO/c1-16-11-12-18-8-4-5-9-20(18)21-14-13-19(26)15-23(21)24(16)22-10-6-7-17(2)25(22)27-3/h4-10,13-16,24H,11-12H2,1-3H3. The maximum Gasteiger partial charge on any atom is 0.125 e. The normalized spacial score (nSPS) is 18.8. The first-order chi connectivity index (χ1) is 13.1. The number of rotatable bonds is 2. The van der Waals surface area contributed by atoms with Gasteiger partial charge in [-0.3, -0.25) is 0 Å². The molecule has 0 saturated heterocycles. The van der Waals surface area contributed by atoms with Crippen molar-refractivity contribution in [1.82, 2.24) is 0 Å². The first-order valence-corrected chi connectivity index (χ1v) is 9.99. The van der Waals surface area contributed by atoms with E-state index >= 15 is 0 Å². The first kappa shape index (κ1) is 18.1. The number of halogens is 1. The zero-order valence-corrected chi connectivity index (χ0v) is 16.9. The van der Waals surface area contributed by atoms with Crippen LogP contribution in [0.5, 0.6) is 5.75 Å². The summed E-state index contributed by atoms with van der Waals surface area (Å²) in [5.41, 5.74) is 7.76. The van der Waals surface area contributed by atoms with Crippen molar-refractivity contribution in [1.29, 1.82) is 0 Å². The van der Waals surface area contributed by atoms with Gasteiger partial charge in [0.1, 0.15) is 5.75 Å². The van der Waals surface area contributed by atoms with Crippen LogP contribution < -0.4 is 4.74 Å². The predicted molar refractivity (Wildman–Crippen MR) is 114 cm³/mol. The van der Waals surface area contributed by atoms with Crippen LogP contribution in [-0.2, 0) is 6.42 Å². The van der Waals surface area contributed by atoms with Gasteiger partial charge in [0.2, 0.25) is 0 Å². The number of methoxy groups -OCH3 is 1. The Morgan fingerprint density at radius 2 is 1.74 bits per heavy atom. The minimum Gasteiger partial charge on any atom is -0.496 e. The molecule has 2 unspecified atom stereocenters. The highest BCUT2D eigenvalue weighted by Gasteiger charge is 2.30. The molecule has 0 bridgehead atoms. The lowest BCUT2D eigenvalue weighted by Gasteiger charge is -2.32. The van der Waals surface area contributed by atoms with E-state index in [0.717, 1.165) is 23.6 Å². The van der Waals surface area contributed by atoms with Crippen LogP contribution in [0.3, 0.4) is 0 Å². The van der Waals surface area contributed by atoms with E-state index in [-0.39, 0.29) is 5.92 Å². The second-order valence-electron chi connectivity index (χ2n) is 7.58. The molecule has 0 aliphatic heterocycles. The third-order valence-corrected chi connectivity index (χ3v) is 6.11. The van der Waals surface area contributed by atoms with Crippen molar-refractivity contribution >= 4 is 11.6 Å². The van der Waals surface area contributed by atoms with Gasteiger partial charge in [-0.15, -0.1) is 0 Å². The van der Waals surface area contributed by atoms with E-state index in [1.54, 1.807) is 7.11 Å². The third kappa shape index (κ3) is 3.26. The fourth-order valence-electron chi connectivity index (χ4n) is 4.57. The number of fused-ring (bicyclic) bond motifs is 3. The molecular weight excluding hydrogens is 352 g/mol. The molecule has 2 heteroatoms. The summed E-state index contributed by atoms with van der Waals surface area (Å²) in [5.74, 6) is 1.72. The molecule has 138 valence electrons. The number of benzene rings is 3. The Bertz CT molecular complexity index is 976. The van der Waals surface area contributed by atoms with Gasteiger partial charge in [-0.25, -0.2) is 0 Å². The van der Waals surface area contributed by atoms with E-state index in [4.69, 9.17) is 16.3 Å². The van der Waals surface area contributed by atoms with Gasteiger partial charge in [0.15, 0.2) is 0 Å². The molecule has 4 rings (SSSR count). The smallest absolute Gasteiger partial charge is 0.125 e. The molecule has 0 saturated carbocycles. The SMILES string of the molecule is COc1c(C)cccc1C1c2cc(Cl)ccc2-c2ccccc2CCC1C. The average Bonchev–Trinajstić information content (AvgIpc) is 2.66. The van der Waals surface area contributed by atoms with Crippen LogP contribution in [0.15, 0.2) is 60.7 Å². The van der Waals surface area contributed by atoms with Gasteiger partial charge in [-0.2, -0.15) is 0 Å². The monoisotopic (exact) mass is 376 g/mol. The summed E-state index contributed by atoms with van der Waals surface area (Å²) in [5, 5.41) is 0.788. The zero-order valence-electron chi connectivity index (χ0n) is 16.1. The number of hydrogen-bond donors (Lipinski definition) is 0. The average molecular weight is 377 g/mol. The summed E-state index contributed by atoms with van der Waals surface area (Å²) in [6.07, 6.45) is 2.22. The fourth-order valence-corrected chi connectivity index (χ4v) is 4.75. The summed E-state index contributed by atoms with van der Waals surface area (Å²) in [6.45, 7) is 4.47. The molecule has 1 nitrogen and oxygen atoms in total. The van der Waals surface area contributed by atoms with Crippen LogP contribution in [0.1, 0.15) is 41.5 Å². The van der Waals surface area contributed by atoms with Crippen molar-refractivity contribution in [2.24, 2.45) is 5.92 Å². The van der Waals surface area contributed by atoms with Crippen LogP contribution in [0, 0.1) is 12.8 Å². The highest BCUT2D eigenvalue weighted by Crippen LogP contribution is 2.46. The van der Waals surface area contributed by atoms with Gasteiger partial charge in [-0.05, 0) is 65.6 Å². The Balaban J connectivity index is 2.01. The Hall–Kier alpha value is -2.25. The van der Waals surface area contributed by atoms with Crippen LogP contribution in [0.2, 0.25) is 5.02 Å². The van der Waals surface area contributed by atoms with E-state index < -0.39 is 0 Å². The lowest BCUT2D eigenvalue weighted by molar-refractivity contribution is 0.392. The summed E-state index contributed by atoms with van der Waals surface area (Å²) < 4.78 is 5.83. The third-order valence-electron chi connectivity index (χ3n) is 5.88. The maximum atomic E-state index is 6.47. The summed E-state index contributed by atoms with van der Waals surface area (Å²) >= 11 is 6.47. The quantitative estimate of drug-likeness (QED) is 0.466. The van der Waals surface area contributed by atoms with Crippen molar-refractivity contribution in [2.75, 3.05) is 7.11 Å². The van der Waals surface area contributed by atoms with Crippen LogP contribution in [0.25, 0.3) is 11.1 Å². The molecule has 3 aromatic carbocycles. The summed E-state index contributed by atoms with van der Waals surface area (Å²) in [7, 11) is 1.77. The molecule has 2 atom stereocenters.